The molecule has 1 aliphatic carbocycles. The molecule has 0 unspecified atom stereocenters. The molecule has 0 radical (unpaired) electrons. The molecule has 1 aliphatic rings. The van der Waals surface area contributed by atoms with E-state index in [2.05, 4.69) is 10.6 Å². The molecule has 2 aromatic rings. The average Bonchev–Trinajstić information content (AvgIpc) is 2.44. The lowest BCUT2D eigenvalue weighted by Gasteiger charge is -2.43. The van der Waals surface area contributed by atoms with Crippen LogP contribution in [0.1, 0.15) is 24.8 Å². The highest BCUT2D eigenvalue weighted by molar-refractivity contribution is 6.30. The number of halogens is 2. The van der Waals surface area contributed by atoms with Crippen molar-refractivity contribution in [1.82, 2.24) is 5.32 Å². The Labute approximate surface area is 133 Å². The second kappa shape index (κ2) is 5.97. The second-order valence-electron chi connectivity index (χ2n) is 5.53. The first kappa shape index (κ1) is 14.9. The maximum atomic E-state index is 13.1. The molecule has 0 bridgehead atoms. The van der Waals surface area contributed by atoms with Crippen molar-refractivity contribution in [2.45, 2.75) is 24.8 Å². The Kier molecular flexibility index (Phi) is 4.03. The van der Waals surface area contributed by atoms with Gasteiger partial charge in [0.15, 0.2) is 0 Å². The van der Waals surface area contributed by atoms with E-state index in [0.29, 0.717) is 10.7 Å². The van der Waals surface area contributed by atoms with Crippen molar-refractivity contribution in [3.05, 3.63) is 64.9 Å². The molecule has 2 N–H and O–H groups in total. The number of carbonyl (C=O) groups excluding carboxylic acids is 1. The van der Waals surface area contributed by atoms with Crippen LogP contribution in [-0.4, -0.2) is 6.03 Å². The van der Waals surface area contributed by atoms with E-state index in [0.717, 1.165) is 24.8 Å². The topological polar surface area (TPSA) is 41.1 Å². The Morgan fingerprint density at radius 2 is 1.86 bits per heavy atom. The van der Waals surface area contributed by atoms with E-state index in [9.17, 15) is 9.18 Å². The molecule has 22 heavy (non-hydrogen) atoms. The number of carbonyl (C=O) groups is 1. The summed E-state index contributed by atoms with van der Waals surface area (Å²) >= 11 is 5.90. The maximum Gasteiger partial charge on any atom is 0.319 e. The van der Waals surface area contributed by atoms with Crippen LogP contribution in [0.25, 0.3) is 0 Å². The van der Waals surface area contributed by atoms with Gasteiger partial charge in [-0.05, 0) is 55.2 Å². The fourth-order valence-corrected chi connectivity index (χ4v) is 2.92. The predicted octanol–water partition coefficient (Wildman–Crippen LogP) is 4.68. The minimum Gasteiger partial charge on any atom is -0.328 e. The number of anilines is 1. The zero-order chi connectivity index (χ0) is 15.6. The zero-order valence-electron chi connectivity index (χ0n) is 11.9. The first-order chi connectivity index (χ1) is 10.6. The summed E-state index contributed by atoms with van der Waals surface area (Å²) in [5, 5.41) is 6.36. The zero-order valence-corrected chi connectivity index (χ0v) is 12.7. The van der Waals surface area contributed by atoms with Crippen molar-refractivity contribution < 1.29 is 9.18 Å². The van der Waals surface area contributed by atoms with Gasteiger partial charge in [0.05, 0.1) is 5.54 Å². The third kappa shape index (κ3) is 3.07. The number of nitrogens with one attached hydrogen (secondary N) is 2. The Morgan fingerprint density at radius 3 is 2.45 bits per heavy atom. The molecule has 1 saturated carbocycles. The summed E-state index contributed by atoms with van der Waals surface area (Å²) in [5.41, 5.74) is 1.16. The van der Waals surface area contributed by atoms with Gasteiger partial charge in [0.25, 0.3) is 0 Å². The highest BCUT2D eigenvalue weighted by Gasteiger charge is 2.40. The number of rotatable bonds is 3. The van der Waals surface area contributed by atoms with Gasteiger partial charge in [0.1, 0.15) is 5.82 Å². The van der Waals surface area contributed by atoms with Gasteiger partial charge in [-0.25, -0.2) is 9.18 Å². The van der Waals surface area contributed by atoms with Crippen LogP contribution in [0.15, 0.2) is 48.5 Å². The second-order valence-corrected chi connectivity index (χ2v) is 5.97. The van der Waals surface area contributed by atoms with Crippen molar-refractivity contribution in [3.8, 4) is 0 Å². The predicted molar refractivity (Wildman–Crippen MR) is 85.5 cm³/mol. The van der Waals surface area contributed by atoms with E-state index in [1.54, 1.807) is 36.4 Å². The van der Waals surface area contributed by atoms with Crippen LogP contribution in [0.2, 0.25) is 5.02 Å². The van der Waals surface area contributed by atoms with Crippen LogP contribution in [0.5, 0.6) is 0 Å². The Morgan fingerprint density at radius 1 is 1.14 bits per heavy atom. The minimum atomic E-state index is -0.406. The molecule has 2 aromatic carbocycles. The molecule has 5 heteroatoms. The lowest BCUT2D eigenvalue weighted by atomic mass is 9.72. The first-order valence-electron chi connectivity index (χ1n) is 7.18. The fraction of sp³-hybridized carbons (Fsp3) is 0.235. The van der Waals surface area contributed by atoms with Crippen molar-refractivity contribution in [3.63, 3.8) is 0 Å². The molecule has 0 spiro atoms. The SMILES string of the molecule is O=C(Nc1cccc(Cl)c1)NC1(c2ccc(F)cc2)CCC1. The summed E-state index contributed by atoms with van der Waals surface area (Å²) in [4.78, 5) is 12.2. The molecule has 0 saturated heterocycles. The average molecular weight is 319 g/mol. The van der Waals surface area contributed by atoms with Gasteiger partial charge in [0, 0.05) is 10.7 Å². The third-order valence-electron chi connectivity index (χ3n) is 4.04. The van der Waals surface area contributed by atoms with Gasteiger partial charge in [0.2, 0.25) is 0 Å². The van der Waals surface area contributed by atoms with Crippen LogP contribution in [0.4, 0.5) is 14.9 Å². The van der Waals surface area contributed by atoms with Crippen LogP contribution in [0.3, 0.4) is 0 Å². The molecule has 0 heterocycles. The lowest BCUT2D eigenvalue weighted by molar-refractivity contribution is 0.185. The van der Waals surface area contributed by atoms with Crippen LogP contribution >= 0.6 is 11.6 Å². The molecule has 3 nitrogen and oxygen atoms in total. The van der Waals surface area contributed by atoms with Crippen LogP contribution in [-0.2, 0) is 5.54 Å². The van der Waals surface area contributed by atoms with Gasteiger partial charge < -0.3 is 10.6 Å². The van der Waals surface area contributed by atoms with Gasteiger partial charge in [-0.15, -0.1) is 0 Å². The van der Waals surface area contributed by atoms with E-state index in [1.165, 1.54) is 12.1 Å². The number of benzene rings is 2. The normalized spacial score (nSPS) is 15.7. The Bertz CT molecular complexity index is 683. The fourth-order valence-electron chi connectivity index (χ4n) is 2.73. The molecule has 114 valence electrons. The van der Waals surface area contributed by atoms with Gasteiger partial charge in [-0.1, -0.05) is 29.8 Å². The van der Waals surface area contributed by atoms with E-state index >= 15 is 0 Å². The number of urea groups is 1. The smallest absolute Gasteiger partial charge is 0.319 e. The quantitative estimate of drug-likeness (QED) is 0.847. The monoisotopic (exact) mass is 318 g/mol. The molecule has 3 rings (SSSR count). The largest absolute Gasteiger partial charge is 0.328 e. The lowest BCUT2D eigenvalue weighted by Crippen LogP contribution is -2.52. The number of hydrogen-bond donors (Lipinski definition) is 2. The molecule has 0 aromatic heterocycles. The van der Waals surface area contributed by atoms with Crippen LogP contribution < -0.4 is 10.6 Å². The van der Waals surface area contributed by atoms with E-state index in [-0.39, 0.29) is 11.8 Å². The van der Waals surface area contributed by atoms with Crippen molar-refractivity contribution >= 4 is 23.3 Å². The molecule has 1 fully saturated rings. The van der Waals surface area contributed by atoms with Crippen molar-refractivity contribution in [1.29, 1.82) is 0 Å². The van der Waals surface area contributed by atoms with E-state index in [1.807, 2.05) is 0 Å². The Balaban J connectivity index is 1.72. The standard InChI is InChI=1S/C17H16ClFN2O/c18-13-3-1-4-15(11-13)20-16(22)21-17(9-2-10-17)12-5-7-14(19)8-6-12/h1,3-8,11H,2,9-10H2,(H2,20,21,22). The summed E-state index contributed by atoms with van der Waals surface area (Å²) in [6.07, 6.45) is 2.73. The molecule has 2 amide bonds. The molecule has 0 aliphatic heterocycles. The summed E-state index contributed by atoms with van der Waals surface area (Å²) in [5.74, 6) is -0.276. The minimum absolute atomic E-state index is 0.276. The molecular weight excluding hydrogens is 303 g/mol. The molecular formula is C17H16ClFN2O. The highest BCUT2D eigenvalue weighted by Crippen LogP contribution is 2.41. The van der Waals surface area contributed by atoms with Gasteiger partial charge in [-0.2, -0.15) is 0 Å². The number of hydrogen-bond acceptors (Lipinski definition) is 1. The van der Waals surface area contributed by atoms with E-state index in [4.69, 9.17) is 11.6 Å². The van der Waals surface area contributed by atoms with Gasteiger partial charge in [-0.3, -0.25) is 0 Å². The Hall–Kier alpha value is -2.07. The summed E-state index contributed by atoms with van der Waals surface area (Å²) in [6.45, 7) is 0. The summed E-state index contributed by atoms with van der Waals surface area (Å²) in [7, 11) is 0. The van der Waals surface area contributed by atoms with Crippen molar-refractivity contribution in [2.75, 3.05) is 5.32 Å². The first-order valence-corrected chi connectivity index (χ1v) is 7.56. The third-order valence-corrected chi connectivity index (χ3v) is 4.27. The maximum absolute atomic E-state index is 13.1. The van der Waals surface area contributed by atoms with Crippen LogP contribution in [0, 0.1) is 5.82 Å². The van der Waals surface area contributed by atoms with Crippen molar-refractivity contribution in [2.24, 2.45) is 0 Å². The highest BCUT2D eigenvalue weighted by atomic mass is 35.5. The van der Waals surface area contributed by atoms with Gasteiger partial charge >= 0.3 is 6.03 Å². The summed E-state index contributed by atoms with van der Waals surface area (Å²) in [6, 6.07) is 13.0. The molecule has 0 atom stereocenters. The summed E-state index contributed by atoms with van der Waals surface area (Å²) < 4.78 is 13.1. The number of amides is 2. The van der Waals surface area contributed by atoms with E-state index < -0.39 is 5.54 Å².